The second-order valence-electron chi connectivity index (χ2n) is 5.07. The molecule has 122 valence electrons. The average molecular weight is 354 g/mol. The van der Waals surface area contributed by atoms with Gasteiger partial charge in [-0.25, -0.2) is 0 Å². The van der Waals surface area contributed by atoms with Gasteiger partial charge in [0, 0.05) is 0 Å². The molecular weight excluding hydrogens is 337 g/mol. The van der Waals surface area contributed by atoms with Gasteiger partial charge in [-0.2, -0.15) is 0 Å². The van der Waals surface area contributed by atoms with Gasteiger partial charge < -0.3 is 15.2 Å². The van der Waals surface area contributed by atoms with Crippen LogP contribution in [0.1, 0.15) is 18.9 Å². The summed E-state index contributed by atoms with van der Waals surface area (Å²) in [5.41, 5.74) is 1.24. The number of hydrogen-bond donors (Lipinski definition) is 2. The van der Waals surface area contributed by atoms with E-state index in [1.54, 1.807) is 24.3 Å². The van der Waals surface area contributed by atoms with Gasteiger partial charge in [0.05, 0.1) is 15.7 Å². The number of aryl methyl sites for hydroxylation is 1. The molecule has 0 aromatic heterocycles. The SMILES string of the molecule is CCC(Oc1ccc(C)cc1Cl)C(=O)Nc1cccc(Cl)c1O. The van der Waals surface area contributed by atoms with Gasteiger partial charge in [0.15, 0.2) is 11.9 Å². The minimum Gasteiger partial charge on any atom is -0.504 e. The number of ether oxygens (including phenoxy) is 1. The molecule has 2 N–H and O–H groups in total. The van der Waals surface area contributed by atoms with E-state index < -0.39 is 6.10 Å². The molecule has 0 radical (unpaired) electrons. The first-order valence-electron chi connectivity index (χ1n) is 7.13. The number of amides is 1. The molecule has 2 aromatic rings. The van der Waals surface area contributed by atoms with Gasteiger partial charge in [-0.1, -0.05) is 42.3 Å². The highest BCUT2D eigenvalue weighted by Crippen LogP contribution is 2.32. The van der Waals surface area contributed by atoms with Crippen molar-refractivity contribution in [3.8, 4) is 11.5 Å². The molecule has 0 aliphatic heterocycles. The van der Waals surface area contributed by atoms with Crippen molar-refractivity contribution >= 4 is 34.8 Å². The van der Waals surface area contributed by atoms with E-state index in [1.165, 1.54) is 6.07 Å². The lowest BCUT2D eigenvalue weighted by Gasteiger charge is -2.18. The smallest absolute Gasteiger partial charge is 0.265 e. The number of anilines is 1. The van der Waals surface area contributed by atoms with Crippen molar-refractivity contribution in [3.05, 3.63) is 52.0 Å². The normalized spacial score (nSPS) is 11.8. The summed E-state index contributed by atoms with van der Waals surface area (Å²) in [4.78, 5) is 12.4. The lowest BCUT2D eigenvalue weighted by atomic mass is 10.2. The molecule has 0 saturated heterocycles. The predicted molar refractivity (Wildman–Crippen MR) is 92.6 cm³/mol. The van der Waals surface area contributed by atoms with E-state index in [0.717, 1.165) is 5.56 Å². The number of para-hydroxylation sites is 1. The fourth-order valence-corrected chi connectivity index (χ4v) is 2.46. The minimum atomic E-state index is -0.742. The van der Waals surface area contributed by atoms with Crippen LogP contribution in [0.15, 0.2) is 36.4 Å². The molecule has 1 unspecified atom stereocenters. The first-order chi connectivity index (χ1) is 10.9. The zero-order valence-corrected chi connectivity index (χ0v) is 14.3. The lowest BCUT2D eigenvalue weighted by Crippen LogP contribution is -2.32. The Bertz CT molecular complexity index is 719. The maximum absolute atomic E-state index is 12.4. The molecule has 6 heteroatoms. The Morgan fingerprint density at radius 3 is 2.65 bits per heavy atom. The number of aromatic hydroxyl groups is 1. The van der Waals surface area contributed by atoms with Gasteiger partial charge in [-0.15, -0.1) is 0 Å². The van der Waals surface area contributed by atoms with Gasteiger partial charge in [-0.05, 0) is 43.2 Å². The number of halogens is 2. The fourth-order valence-electron chi connectivity index (χ4n) is 2.01. The summed E-state index contributed by atoms with van der Waals surface area (Å²) >= 11 is 12.0. The molecule has 0 aliphatic rings. The molecule has 0 fully saturated rings. The highest BCUT2D eigenvalue weighted by Gasteiger charge is 2.21. The molecule has 0 bridgehead atoms. The zero-order valence-electron chi connectivity index (χ0n) is 12.8. The molecule has 0 aliphatic carbocycles. The zero-order chi connectivity index (χ0) is 17.0. The second-order valence-corrected chi connectivity index (χ2v) is 5.89. The fraction of sp³-hybridized carbons (Fsp3) is 0.235. The van der Waals surface area contributed by atoms with Crippen LogP contribution in [0, 0.1) is 6.92 Å². The van der Waals surface area contributed by atoms with Crippen molar-refractivity contribution in [2.45, 2.75) is 26.4 Å². The van der Waals surface area contributed by atoms with Crippen LogP contribution in [-0.2, 0) is 4.79 Å². The van der Waals surface area contributed by atoms with Gasteiger partial charge >= 0.3 is 0 Å². The summed E-state index contributed by atoms with van der Waals surface area (Å²) in [6.45, 7) is 3.74. The third kappa shape index (κ3) is 4.30. The summed E-state index contributed by atoms with van der Waals surface area (Å²) in [6.07, 6.45) is -0.300. The second kappa shape index (κ2) is 7.57. The monoisotopic (exact) mass is 353 g/mol. The van der Waals surface area contributed by atoms with Gasteiger partial charge in [0.25, 0.3) is 5.91 Å². The molecule has 2 rings (SSSR count). The summed E-state index contributed by atoms with van der Waals surface area (Å²) in [7, 11) is 0. The number of benzene rings is 2. The number of nitrogens with one attached hydrogen (secondary N) is 1. The van der Waals surface area contributed by atoms with E-state index in [0.29, 0.717) is 17.2 Å². The maximum atomic E-state index is 12.4. The summed E-state index contributed by atoms with van der Waals surface area (Å²) in [5, 5.41) is 13.1. The van der Waals surface area contributed by atoms with Crippen molar-refractivity contribution < 1.29 is 14.6 Å². The van der Waals surface area contributed by atoms with Crippen LogP contribution in [0.4, 0.5) is 5.69 Å². The molecule has 2 aromatic carbocycles. The number of phenolic OH excluding ortho intramolecular Hbond substituents is 1. The van der Waals surface area contributed by atoms with E-state index in [2.05, 4.69) is 5.32 Å². The average Bonchev–Trinajstić information content (AvgIpc) is 2.51. The molecule has 0 spiro atoms. The Morgan fingerprint density at radius 2 is 2.00 bits per heavy atom. The van der Waals surface area contributed by atoms with Crippen LogP contribution in [0.25, 0.3) is 0 Å². The molecule has 1 amide bonds. The van der Waals surface area contributed by atoms with Crippen molar-refractivity contribution in [2.24, 2.45) is 0 Å². The largest absolute Gasteiger partial charge is 0.504 e. The third-order valence-corrected chi connectivity index (χ3v) is 3.86. The number of phenols is 1. The molecule has 1 atom stereocenters. The summed E-state index contributed by atoms with van der Waals surface area (Å²) in [5.74, 6) is -0.123. The van der Waals surface area contributed by atoms with E-state index in [1.807, 2.05) is 19.9 Å². The summed E-state index contributed by atoms with van der Waals surface area (Å²) < 4.78 is 5.69. The van der Waals surface area contributed by atoms with E-state index in [4.69, 9.17) is 27.9 Å². The highest BCUT2D eigenvalue weighted by molar-refractivity contribution is 6.32. The van der Waals surface area contributed by atoms with Crippen molar-refractivity contribution in [2.75, 3.05) is 5.32 Å². The van der Waals surface area contributed by atoms with Crippen LogP contribution in [0.3, 0.4) is 0 Å². The van der Waals surface area contributed by atoms with Crippen LogP contribution in [-0.4, -0.2) is 17.1 Å². The molecule has 0 saturated carbocycles. The topological polar surface area (TPSA) is 58.6 Å². The van der Waals surface area contributed by atoms with Crippen LogP contribution < -0.4 is 10.1 Å². The number of carbonyl (C=O) groups is 1. The molecule has 23 heavy (non-hydrogen) atoms. The van der Waals surface area contributed by atoms with Gasteiger partial charge in [0.1, 0.15) is 5.75 Å². The number of carbonyl (C=O) groups excluding carboxylic acids is 1. The molecular formula is C17H17Cl2NO3. The van der Waals surface area contributed by atoms with E-state index in [-0.39, 0.29) is 22.4 Å². The Balaban J connectivity index is 2.14. The van der Waals surface area contributed by atoms with Crippen molar-refractivity contribution in [1.29, 1.82) is 0 Å². The highest BCUT2D eigenvalue weighted by atomic mass is 35.5. The molecule has 4 nitrogen and oxygen atoms in total. The Kier molecular flexibility index (Phi) is 5.74. The predicted octanol–water partition coefficient (Wildman–Crippen LogP) is 4.80. The third-order valence-electron chi connectivity index (χ3n) is 3.26. The van der Waals surface area contributed by atoms with Crippen LogP contribution in [0.2, 0.25) is 10.0 Å². The van der Waals surface area contributed by atoms with Crippen LogP contribution >= 0.6 is 23.2 Å². The van der Waals surface area contributed by atoms with Gasteiger partial charge in [-0.3, -0.25) is 4.79 Å². The van der Waals surface area contributed by atoms with E-state index >= 15 is 0 Å². The standard InChI is InChI=1S/C17H17Cl2NO3/c1-3-14(23-15-8-7-10(2)9-12(15)19)17(22)20-13-6-4-5-11(18)16(13)21/h4-9,14,21H,3H2,1-2H3,(H,20,22). The Hall–Kier alpha value is -1.91. The Labute approximate surface area is 145 Å². The summed E-state index contributed by atoms with van der Waals surface area (Å²) in [6, 6.07) is 10.1. The minimum absolute atomic E-state index is 0.165. The van der Waals surface area contributed by atoms with Crippen molar-refractivity contribution in [1.82, 2.24) is 0 Å². The Morgan fingerprint density at radius 1 is 1.26 bits per heavy atom. The maximum Gasteiger partial charge on any atom is 0.265 e. The number of hydrogen-bond acceptors (Lipinski definition) is 3. The number of rotatable bonds is 5. The first kappa shape index (κ1) is 17.4. The lowest BCUT2D eigenvalue weighted by molar-refractivity contribution is -0.122. The first-order valence-corrected chi connectivity index (χ1v) is 7.89. The quantitative estimate of drug-likeness (QED) is 0.758. The van der Waals surface area contributed by atoms with Crippen LogP contribution in [0.5, 0.6) is 11.5 Å². The van der Waals surface area contributed by atoms with Crippen molar-refractivity contribution in [3.63, 3.8) is 0 Å². The van der Waals surface area contributed by atoms with E-state index in [9.17, 15) is 9.90 Å². The molecule has 0 heterocycles. The van der Waals surface area contributed by atoms with Gasteiger partial charge in [0.2, 0.25) is 0 Å².